The Morgan fingerprint density at radius 1 is 1.31 bits per heavy atom. The minimum atomic E-state index is 0.708. The van der Waals surface area contributed by atoms with Crippen molar-refractivity contribution in [2.24, 2.45) is 0 Å². The second-order valence-electron chi connectivity index (χ2n) is 2.44. The minimum Gasteiger partial charge on any atom is -0.400 e. The van der Waals surface area contributed by atoms with Crippen molar-refractivity contribution in [3.63, 3.8) is 0 Å². The van der Waals surface area contributed by atoms with Crippen molar-refractivity contribution in [1.82, 2.24) is 4.98 Å². The van der Waals surface area contributed by atoms with E-state index in [9.17, 15) is 4.79 Å². The number of fused-ring (bicyclic) bond motifs is 1. The van der Waals surface area contributed by atoms with Gasteiger partial charge in [0.05, 0.1) is 0 Å². The Kier molecular flexibility index (Phi) is 3.23. The summed E-state index contributed by atoms with van der Waals surface area (Å²) in [5.74, 6) is 0. The summed E-state index contributed by atoms with van der Waals surface area (Å²) >= 11 is 0. The summed E-state index contributed by atoms with van der Waals surface area (Å²) in [6.45, 7) is 0. The molecule has 1 aromatic carbocycles. The van der Waals surface area contributed by atoms with Crippen LogP contribution in [0.15, 0.2) is 30.5 Å². The number of benzene rings is 1. The number of aromatic amines is 1. The second-order valence-corrected chi connectivity index (χ2v) is 2.44. The molecular formula is C10H11NO2. The quantitative estimate of drug-likeness (QED) is 0.650. The first-order valence-electron chi connectivity index (χ1n) is 3.87. The SMILES string of the molecule is CO.O=Cc1ccc2cc[nH]c2c1. The third kappa shape index (κ3) is 1.95. The lowest BCUT2D eigenvalue weighted by molar-refractivity contribution is 0.112. The topological polar surface area (TPSA) is 53.1 Å². The third-order valence-corrected chi connectivity index (χ3v) is 1.72. The van der Waals surface area contributed by atoms with Crippen molar-refractivity contribution in [1.29, 1.82) is 0 Å². The van der Waals surface area contributed by atoms with E-state index < -0.39 is 0 Å². The fraction of sp³-hybridized carbons (Fsp3) is 0.100. The molecule has 0 aliphatic carbocycles. The van der Waals surface area contributed by atoms with E-state index in [1.165, 1.54) is 0 Å². The zero-order valence-corrected chi connectivity index (χ0v) is 7.32. The van der Waals surface area contributed by atoms with Crippen LogP contribution in [0.5, 0.6) is 0 Å². The molecule has 0 fully saturated rings. The van der Waals surface area contributed by atoms with E-state index in [-0.39, 0.29) is 0 Å². The highest BCUT2D eigenvalue weighted by Gasteiger charge is 1.94. The molecule has 1 aromatic heterocycles. The maximum atomic E-state index is 10.4. The number of hydrogen-bond acceptors (Lipinski definition) is 2. The van der Waals surface area contributed by atoms with E-state index in [0.717, 1.165) is 24.3 Å². The van der Waals surface area contributed by atoms with Gasteiger partial charge in [0, 0.05) is 24.4 Å². The van der Waals surface area contributed by atoms with Crippen LogP contribution in [-0.2, 0) is 0 Å². The van der Waals surface area contributed by atoms with Crippen molar-refractivity contribution in [3.05, 3.63) is 36.0 Å². The standard InChI is InChI=1S/C9H7NO.CH4O/c11-6-7-1-2-8-3-4-10-9(8)5-7;1-2/h1-6,10H;2H,1H3. The highest BCUT2D eigenvalue weighted by Crippen LogP contribution is 2.12. The van der Waals surface area contributed by atoms with Crippen LogP contribution in [0.2, 0.25) is 0 Å². The smallest absolute Gasteiger partial charge is 0.150 e. The molecule has 68 valence electrons. The van der Waals surface area contributed by atoms with Gasteiger partial charge in [-0.05, 0) is 17.5 Å². The summed E-state index contributed by atoms with van der Waals surface area (Å²) < 4.78 is 0. The number of carbonyl (C=O) groups is 1. The highest BCUT2D eigenvalue weighted by atomic mass is 16.2. The Labute approximate surface area is 76.0 Å². The Bertz CT molecular complexity index is 392. The molecule has 0 amide bonds. The molecule has 2 aromatic rings. The average molecular weight is 177 g/mol. The normalized spacial score (nSPS) is 9.08. The molecular weight excluding hydrogens is 166 g/mol. The summed E-state index contributed by atoms with van der Waals surface area (Å²) in [4.78, 5) is 13.4. The zero-order valence-electron chi connectivity index (χ0n) is 7.32. The predicted molar refractivity (Wildman–Crippen MR) is 51.8 cm³/mol. The molecule has 2 N–H and O–H groups in total. The number of aliphatic hydroxyl groups is 1. The first kappa shape index (κ1) is 9.48. The summed E-state index contributed by atoms with van der Waals surface area (Å²) in [5, 5.41) is 8.13. The molecule has 0 aliphatic heterocycles. The molecule has 3 nitrogen and oxygen atoms in total. The Hall–Kier alpha value is -1.61. The first-order chi connectivity index (χ1) is 6.40. The molecule has 1 heterocycles. The predicted octanol–water partition coefficient (Wildman–Crippen LogP) is 1.59. The zero-order chi connectivity index (χ0) is 9.68. The Balaban J connectivity index is 0.000000396. The molecule has 13 heavy (non-hydrogen) atoms. The molecule has 0 bridgehead atoms. The number of rotatable bonds is 1. The lowest BCUT2D eigenvalue weighted by atomic mass is 10.2. The van der Waals surface area contributed by atoms with Gasteiger partial charge in [-0.15, -0.1) is 0 Å². The number of H-pyrrole nitrogens is 1. The maximum absolute atomic E-state index is 10.4. The van der Waals surface area contributed by atoms with E-state index in [4.69, 9.17) is 5.11 Å². The number of aliphatic hydroxyl groups excluding tert-OH is 1. The molecule has 3 heteroatoms. The van der Waals surface area contributed by atoms with Gasteiger partial charge in [0.2, 0.25) is 0 Å². The van der Waals surface area contributed by atoms with Crippen LogP contribution >= 0.6 is 0 Å². The molecule has 0 atom stereocenters. The van der Waals surface area contributed by atoms with Gasteiger partial charge in [-0.2, -0.15) is 0 Å². The highest BCUT2D eigenvalue weighted by molar-refractivity contribution is 5.86. The molecule has 2 rings (SSSR count). The molecule has 0 unspecified atom stereocenters. The lowest BCUT2D eigenvalue weighted by Gasteiger charge is -1.89. The third-order valence-electron chi connectivity index (χ3n) is 1.72. The fourth-order valence-corrected chi connectivity index (χ4v) is 1.14. The van der Waals surface area contributed by atoms with Crippen molar-refractivity contribution in [2.45, 2.75) is 0 Å². The van der Waals surface area contributed by atoms with Crippen molar-refractivity contribution in [3.8, 4) is 0 Å². The van der Waals surface area contributed by atoms with Crippen molar-refractivity contribution in [2.75, 3.05) is 7.11 Å². The molecule has 0 aliphatic rings. The molecule has 0 spiro atoms. The molecule has 0 radical (unpaired) electrons. The van der Waals surface area contributed by atoms with Gasteiger partial charge >= 0.3 is 0 Å². The van der Waals surface area contributed by atoms with Gasteiger partial charge in [0.15, 0.2) is 0 Å². The van der Waals surface area contributed by atoms with Crippen LogP contribution in [0.25, 0.3) is 10.9 Å². The van der Waals surface area contributed by atoms with Crippen LogP contribution < -0.4 is 0 Å². The molecule has 0 saturated heterocycles. The van der Waals surface area contributed by atoms with Gasteiger partial charge in [-0.25, -0.2) is 0 Å². The first-order valence-corrected chi connectivity index (χ1v) is 3.87. The minimum absolute atomic E-state index is 0.708. The van der Waals surface area contributed by atoms with E-state index in [0.29, 0.717) is 5.56 Å². The summed E-state index contributed by atoms with van der Waals surface area (Å²) in [6.07, 6.45) is 2.71. The van der Waals surface area contributed by atoms with Crippen LogP contribution in [0, 0.1) is 0 Å². The van der Waals surface area contributed by atoms with Crippen LogP contribution in [-0.4, -0.2) is 23.5 Å². The van der Waals surface area contributed by atoms with E-state index in [2.05, 4.69) is 4.98 Å². The van der Waals surface area contributed by atoms with Crippen LogP contribution in [0.1, 0.15) is 10.4 Å². The number of aldehydes is 1. The Morgan fingerprint density at radius 3 is 2.77 bits per heavy atom. The fourth-order valence-electron chi connectivity index (χ4n) is 1.14. The maximum Gasteiger partial charge on any atom is 0.150 e. The van der Waals surface area contributed by atoms with E-state index in [1.54, 1.807) is 0 Å². The van der Waals surface area contributed by atoms with Gasteiger partial charge in [-0.1, -0.05) is 12.1 Å². The molecule has 0 saturated carbocycles. The number of aromatic nitrogens is 1. The summed E-state index contributed by atoms with van der Waals surface area (Å²) in [6, 6.07) is 7.55. The number of hydrogen-bond donors (Lipinski definition) is 2. The average Bonchev–Trinajstić information content (AvgIpc) is 2.67. The summed E-state index contributed by atoms with van der Waals surface area (Å²) in [7, 11) is 1.00. The second kappa shape index (κ2) is 4.42. The van der Waals surface area contributed by atoms with Gasteiger partial charge in [0.25, 0.3) is 0 Å². The van der Waals surface area contributed by atoms with Gasteiger partial charge in [0.1, 0.15) is 6.29 Å². The Morgan fingerprint density at radius 2 is 2.08 bits per heavy atom. The summed E-state index contributed by atoms with van der Waals surface area (Å²) in [5.41, 5.74) is 1.72. The van der Waals surface area contributed by atoms with E-state index >= 15 is 0 Å². The van der Waals surface area contributed by atoms with Crippen molar-refractivity contribution < 1.29 is 9.90 Å². The van der Waals surface area contributed by atoms with Gasteiger partial charge in [-0.3, -0.25) is 4.79 Å². The van der Waals surface area contributed by atoms with Crippen LogP contribution in [0.3, 0.4) is 0 Å². The lowest BCUT2D eigenvalue weighted by Crippen LogP contribution is -1.77. The van der Waals surface area contributed by atoms with Crippen molar-refractivity contribution >= 4 is 17.2 Å². The number of carbonyl (C=O) groups excluding carboxylic acids is 1. The van der Waals surface area contributed by atoms with Gasteiger partial charge < -0.3 is 10.1 Å². The monoisotopic (exact) mass is 177 g/mol. The van der Waals surface area contributed by atoms with E-state index in [1.807, 2.05) is 30.5 Å². The number of nitrogens with one attached hydrogen (secondary N) is 1. The van der Waals surface area contributed by atoms with Crippen LogP contribution in [0.4, 0.5) is 0 Å². The largest absolute Gasteiger partial charge is 0.400 e.